The largest absolute Gasteiger partial charge is 0.480 e. The van der Waals surface area contributed by atoms with E-state index in [1.54, 1.807) is 12.1 Å². The Morgan fingerprint density at radius 1 is 1.12 bits per heavy atom. The normalized spacial score (nSPS) is 28.9. The Hall–Kier alpha value is -2.29. The van der Waals surface area contributed by atoms with Crippen molar-refractivity contribution in [1.82, 2.24) is 10.2 Å². The number of alkyl halides is 3. The lowest BCUT2D eigenvalue weighted by atomic mass is 9.64. The van der Waals surface area contributed by atoms with E-state index in [-0.39, 0.29) is 13.1 Å². The van der Waals surface area contributed by atoms with Crippen LogP contribution in [0.1, 0.15) is 24.0 Å². The molecule has 24 heavy (non-hydrogen) atoms. The third-order valence-electron chi connectivity index (χ3n) is 4.60. The molecule has 2 amide bonds. The van der Waals surface area contributed by atoms with E-state index in [9.17, 15) is 33.0 Å². The molecule has 130 valence electrons. The second-order valence-corrected chi connectivity index (χ2v) is 6.33. The number of aliphatic hydroxyl groups is 1. The Labute approximate surface area is 134 Å². The SMILES string of the molecule is O=C(NC1(C(=O)O)CC(O)(C(F)(F)F)C1)N1Cc2ccccc2C1. The number of benzene rings is 1. The number of amides is 2. The van der Waals surface area contributed by atoms with Crippen molar-refractivity contribution in [2.24, 2.45) is 0 Å². The van der Waals surface area contributed by atoms with Crippen LogP contribution in [0.5, 0.6) is 0 Å². The highest BCUT2D eigenvalue weighted by atomic mass is 19.4. The van der Waals surface area contributed by atoms with Gasteiger partial charge in [-0.15, -0.1) is 0 Å². The number of carbonyl (C=O) groups is 2. The van der Waals surface area contributed by atoms with E-state index >= 15 is 0 Å². The molecule has 1 aliphatic carbocycles. The number of carboxylic acid groups (broad SMARTS) is 1. The van der Waals surface area contributed by atoms with Gasteiger partial charge in [0, 0.05) is 25.9 Å². The number of halogens is 3. The lowest BCUT2D eigenvalue weighted by molar-refractivity contribution is -0.302. The molecule has 1 fully saturated rings. The molecule has 0 radical (unpaired) electrons. The summed E-state index contributed by atoms with van der Waals surface area (Å²) in [5.41, 5.74) is -3.40. The van der Waals surface area contributed by atoms with Crippen LogP contribution in [0.3, 0.4) is 0 Å². The van der Waals surface area contributed by atoms with Gasteiger partial charge in [-0.05, 0) is 11.1 Å². The number of carbonyl (C=O) groups excluding carboxylic acids is 1. The second-order valence-electron chi connectivity index (χ2n) is 6.33. The van der Waals surface area contributed by atoms with Crippen LogP contribution in [0.4, 0.5) is 18.0 Å². The molecule has 0 bridgehead atoms. The van der Waals surface area contributed by atoms with E-state index in [2.05, 4.69) is 5.32 Å². The molecule has 3 N–H and O–H groups in total. The molecular weight excluding hydrogens is 329 g/mol. The quantitative estimate of drug-likeness (QED) is 0.761. The van der Waals surface area contributed by atoms with Gasteiger partial charge in [0.2, 0.25) is 0 Å². The summed E-state index contributed by atoms with van der Waals surface area (Å²) >= 11 is 0. The highest BCUT2D eigenvalue weighted by Crippen LogP contribution is 2.51. The molecule has 9 heteroatoms. The summed E-state index contributed by atoms with van der Waals surface area (Å²) < 4.78 is 38.2. The van der Waals surface area contributed by atoms with Crippen molar-refractivity contribution in [3.8, 4) is 0 Å². The van der Waals surface area contributed by atoms with Crippen molar-refractivity contribution < 1.29 is 33.0 Å². The molecule has 0 aromatic heterocycles. The van der Waals surface area contributed by atoms with Gasteiger partial charge in [-0.3, -0.25) is 0 Å². The molecular formula is C15H15F3N2O4. The van der Waals surface area contributed by atoms with Crippen LogP contribution in [-0.2, 0) is 17.9 Å². The van der Waals surface area contributed by atoms with Crippen LogP contribution < -0.4 is 5.32 Å². The third-order valence-corrected chi connectivity index (χ3v) is 4.60. The average molecular weight is 344 g/mol. The highest BCUT2D eigenvalue weighted by Gasteiger charge is 2.70. The van der Waals surface area contributed by atoms with Crippen molar-refractivity contribution in [2.75, 3.05) is 0 Å². The van der Waals surface area contributed by atoms with Gasteiger partial charge in [-0.2, -0.15) is 13.2 Å². The standard InChI is InChI=1S/C15H15F3N2O4/c16-15(17,18)14(24)7-13(8-14,11(21)22)19-12(23)20-5-9-3-1-2-4-10(9)6-20/h1-4,24H,5-8H2,(H,19,23)(H,21,22). The molecule has 1 aromatic carbocycles. The first-order valence-electron chi connectivity index (χ1n) is 7.23. The maximum Gasteiger partial charge on any atom is 0.417 e. The molecule has 0 atom stereocenters. The number of nitrogens with one attached hydrogen (secondary N) is 1. The lowest BCUT2D eigenvalue weighted by Crippen LogP contribution is -2.74. The van der Waals surface area contributed by atoms with Crippen molar-refractivity contribution in [3.63, 3.8) is 0 Å². The third kappa shape index (κ3) is 2.48. The van der Waals surface area contributed by atoms with Gasteiger partial charge in [0.1, 0.15) is 5.54 Å². The fourth-order valence-corrected chi connectivity index (χ4v) is 3.20. The maximum absolute atomic E-state index is 12.7. The van der Waals surface area contributed by atoms with Gasteiger partial charge in [0.25, 0.3) is 0 Å². The number of hydrogen-bond donors (Lipinski definition) is 3. The number of nitrogens with zero attached hydrogens (tertiary/aromatic N) is 1. The number of urea groups is 1. The number of fused-ring (bicyclic) bond motifs is 1. The topological polar surface area (TPSA) is 89.9 Å². The molecule has 1 aliphatic heterocycles. The molecule has 1 aromatic rings. The Kier molecular flexibility index (Phi) is 3.52. The predicted octanol–water partition coefficient (Wildman–Crippen LogP) is 1.62. The molecule has 0 spiro atoms. The van der Waals surface area contributed by atoms with Crippen LogP contribution in [0.25, 0.3) is 0 Å². The minimum atomic E-state index is -4.94. The predicted molar refractivity (Wildman–Crippen MR) is 74.8 cm³/mol. The second kappa shape index (κ2) is 5.10. The van der Waals surface area contributed by atoms with Gasteiger partial charge in [-0.25, -0.2) is 9.59 Å². The summed E-state index contributed by atoms with van der Waals surface area (Å²) in [7, 11) is 0. The fraction of sp³-hybridized carbons (Fsp3) is 0.467. The van der Waals surface area contributed by atoms with Crippen LogP contribution in [0.2, 0.25) is 0 Å². The number of carboxylic acids is 1. The van der Waals surface area contributed by atoms with E-state index in [0.717, 1.165) is 11.1 Å². The zero-order chi connectivity index (χ0) is 17.8. The average Bonchev–Trinajstić information content (AvgIpc) is 2.87. The summed E-state index contributed by atoms with van der Waals surface area (Å²) in [4.78, 5) is 25.0. The number of hydrogen-bond acceptors (Lipinski definition) is 3. The Bertz CT molecular complexity index is 673. The van der Waals surface area contributed by atoms with Crippen molar-refractivity contribution in [3.05, 3.63) is 35.4 Å². The van der Waals surface area contributed by atoms with Gasteiger partial charge in [-0.1, -0.05) is 24.3 Å². The van der Waals surface area contributed by atoms with Gasteiger partial charge in [0.05, 0.1) is 0 Å². The van der Waals surface area contributed by atoms with Gasteiger partial charge in [0.15, 0.2) is 5.60 Å². The minimum absolute atomic E-state index is 0.251. The van der Waals surface area contributed by atoms with Gasteiger partial charge >= 0.3 is 18.2 Å². The first-order chi connectivity index (χ1) is 11.1. The molecule has 0 saturated heterocycles. The zero-order valence-corrected chi connectivity index (χ0v) is 12.4. The molecule has 1 heterocycles. The molecule has 6 nitrogen and oxygen atoms in total. The Morgan fingerprint density at radius 2 is 1.62 bits per heavy atom. The van der Waals surface area contributed by atoms with Crippen molar-refractivity contribution in [2.45, 2.75) is 43.2 Å². The van der Waals surface area contributed by atoms with Gasteiger partial charge < -0.3 is 20.4 Å². The molecule has 1 saturated carbocycles. The van der Waals surface area contributed by atoms with Crippen LogP contribution in [-0.4, -0.2) is 44.4 Å². The first kappa shape index (κ1) is 16.6. The maximum atomic E-state index is 12.7. The van der Waals surface area contributed by atoms with E-state index in [0.29, 0.717) is 0 Å². The highest BCUT2D eigenvalue weighted by molar-refractivity contribution is 5.88. The monoisotopic (exact) mass is 344 g/mol. The van der Waals surface area contributed by atoms with Crippen LogP contribution in [0.15, 0.2) is 24.3 Å². The van der Waals surface area contributed by atoms with Crippen molar-refractivity contribution in [1.29, 1.82) is 0 Å². The van der Waals surface area contributed by atoms with Crippen LogP contribution >= 0.6 is 0 Å². The fourth-order valence-electron chi connectivity index (χ4n) is 3.20. The first-order valence-corrected chi connectivity index (χ1v) is 7.23. The van der Waals surface area contributed by atoms with E-state index in [4.69, 9.17) is 0 Å². The minimum Gasteiger partial charge on any atom is -0.480 e. The summed E-state index contributed by atoms with van der Waals surface area (Å²) in [6.07, 6.45) is -7.16. The smallest absolute Gasteiger partial charge is 0.417 e. The van der Waals surface area contributed by atoms with E-state index in [1.165, 1.54) is 4.90 Å². The summed E-state index contributed by atoms with van der Waals surface area (Å²) in [5.74, 6) is -1.60. The number of rotatable bonds is 2. The summed E-state index contributed by atoms with van der Waals surface area (Å²) in [5, 5.41) is 20.9. The van der Waals surface area contributed by atoms with E-state index in [1.807, 2.05) is 12.1 Å². The van der Waals surface area contributed by atoms with Crippen LogP contribution in [0, 0.1) is 0 Å². The number of aliphatic carboxylic acids is 1. The summed E-state index contributed by atoms with van der Waals surface area (Å²) in [6, 6.07) is 6.48. The molecule has 2 aliphatic rings. The Morgan fingerprint density at radius 3 is 2.04 bits per heavy atom. The summed E-state index contributed by atoms with van der Waals surface area (Å²) in [6.45, 7) is 0.502. The molecule has 3 rings (SSSR count). The Balaban J connectivity index is 1.71. The molecule has 0 unspecified atom stereocenters. The zero-order valence-electron chi connectivity index (χ0n) is 12.4. The lowest BCUT2D eigenvalue weighted by Gasteiger charge is -2.51. The van der Waals surface area contributed by atoms with E-state index < -0.39 is 42.2 Å². The van der Waals surface area contributed by atoms with Crippen molar-refractivity contribution >= 4 is 12.0 Å².